The first-order valence-electron chi connectivity index (χ1n) is 9.95. The smallest absolute Gasteiger partial charge is 0.324 e. The van der Waals surface area contributed by atoms with Crippen LogP contribution in [0.25, 0.3) is 0 Å². The van der Waals surface area contributed by atoms with Crippen LogP contribution < -0.4 is 5.32 Å². The minimum absolute atomic E-state index is 0.0848. The maximum Gasteiger partial charge on any atom is 0.418 e. The number of alkyl halides is 3. The summed E-state index contributed by atoms with van der Waals surface area (Å²) < 4.78 is 67.7. The van der Waals surface area contributed by atoms with Crippen LogP contribution in [-0.2, 0) is 27.5 Å². The first-order chi connectivity index (χ1) is 16.3. The Hall–Kier alpha value is -2.30. The number of amides is 1. The molecule has 3 aromatic carbocycles. The van der Waals surface area contributed by atoms with Gasteiger partial charge in [-0.2, -0.15) is 17.5 Å². The molecule has 0 atom stereocenters. The summed E-state index contributed by atoms with van der Waals surface area (Å²) in [7, 11) is -4.22. The van der Waals surface area contributed by atoms with E-state index in [9.17, 15) is 26.4 Å². The number of benzene rings is 3. The Labute approximate surface area is 215 Å². The van der Waals surface area contributed by atoms with Crippen molar-refractivity contribution in [1.29, 1.82) is 0 Å². The van der Waals surface area contributed by atoms with Crippen LogP contribution in [0, 0.1) is 6.92 Å². The van der Waals surface area contributed by atoms with Crippen molar-refractivity contribution in [3.05, 3.63) is 92.4 Å². The first kappa shape index (κ1) is 27.3. The number of aryl methyl sites for hydroxylation is 1. The van der Waals surface area contributed by atoms with Gasteiger partial charge in [-0.05, 0) is 55.0 Å². The van der Waals surface area contributed by atoms with Crippen molar-refractivity contribution in [3.8, 4) is 0 Å². The van der Waals surface area contributed by atoms with Crippen molar-refractivity contribution in [2.75, 3.05) is 11.9 Å². The molecule has 0 aliphatic carbocycles. The highest BCUT2D eigenvalue weighted by Crippen LogP contribution is 2.36. The summed E-state index contributed by atoms with van der Waals surface area (Å²) in [6.07, 6.45) is -4.79. The van der Waals surface area contributed by atoms with Gasteiger partial charge in [0.1, 0.15) is 0 Å². The minimum atomic E-state index is -4.79. The van der Waals surface area contributed by atoms with Gasteiger partial charge in [0.05, 0.1) is 32.7 Å². The molecule has 0 heterocycles. The zero-order valence-corrected chi connectivity index (χ0v) is 21.1. The number of rotatable bonds is 7. The topological polar surface area (TPSA) is 66.5 Å². The molecule has 0 bridgehead atoms. The van der Waals surface area contributed by atoms with E-state index in [-0.39, 0.29) is 26.5 Å². The van der Waals surface area contributed by atoms with Crippen molar-refractivity contribution >= 4 is 56.4 Å². The van der Waals surface area contributed by atoms with Gasteiger partial charge < -0.3 is 5.32 Å². The number of nitrogens with zero attached hydrogens (tertiary/aromatic N) is 1. The quantitative estimate of drug-likeness (QED) is 0.342. The van der Waals surface area contributed by atoms with Crippen LogP contribution in [0.2, 0.25) is 15.1 Å². The molecule has 12 heteroatoms. The molecule has 0 fully saturated rings. The van der Waals surface area contributed by atoms with Crippen LogP contribution in [0.15, 0.2) is 65.6 Å². The Morgan fingerprint density at radius 3 is 2.20 bits per heavy atom. The molecule has 35 heavy (non-hydrogen) atoms. The summed E-state index contributed by atoms with van der Waals surface area (Å²) >= 11 is 17.6. The fourth-order valence-corrected chi connectivity index (χ4v) is 5.01. The molecule has 0 aromatic heterocycles. The molecule has 0 aliphatic rings. The Morgan fingerprint density at radius 1 is 0.943 bits per heavy atom. The van der Waals surface area contributed by atoms with Crippen LogP contribution in [0.5, 0.6) is 0 Å². The Bertz CT molecular complexity index is 1350. The average molecular weight is 566 g/mol. The normalized spacial score (nSPS) is 12.1. The molecule has 3 aromatic rings. The molecule has 186 valence electrons. The van der Waals surface area contributed by atoms with E-state index >= 15 is 0 Å². The van der Waals surface area contributed by atoms with E-state index in [1.54, 1.807) is 19.1 Å². The summed E-state index contributed by atoms with van der Waals surface area (Å²) in [6, 6.07) is 13.2. The third-order valence-corrected chi connectivity index (χ3v) is 7.66. The first-order valence-corrected chi connectivity index (χ1v) is 12.5. The van der Waals surface area contributed by atoms with Gasteiger partial charge >= 0.3 is 6.18 Å². The highest BCUT2D eigenvalue weighted by Gasteiger charge is 2.35. The summed E-state index contributed by atoms with van der Waals surface area (Å²) in [5.41, 5.74) is -0.463. The Kier molecular flexibility index (Phi) is 8.39. The lowest BCUT2D eigenvalue weighted by molar-refractivity contribution is -0.137. The van der Waals surface area contributed by atoms with Crippen molar-refractivity contribution in [2.45, 2.75) is 24.5 Å². The molecule has 0 aliphatic heterocycles. The van der Waals surface area contributed by atoms with Crippen molar-refractivity contribution in [3.63, 3.8) is 0 Å². The molecule has 1 N–H and O–H groups in total. The van der Waals surface area contributed by atoms with Gasteiger partial charge in [-0.3, -0.25) is 4.79 Å². The predicted molar refractivity (Wildman–Crippen MR) is 130 cm³/mol. The molecule has 1 amide bonds. The van der Waals surface area contributed by atoms with Crippen LogP contribution >= 0.6 is 34.8 Å². The molecule has 0 spiro atoms. The van der Waals surface area contributed by atoms with Crippen molar-refractivity contribution in [2.24, 2.45) is 0 Å². The molecule has 5 nitrogen and oxygen atoms in total. The van der Waals surface area contributed by atoms with Gasteiger partial charge in [0.25, 0.3) is 0 Å². The van der Waals surface area contributed by atoms with Gasteiger partial charge in [-0.25, -0.2) is 8.42 Å². The predicted octanol–water partition coefficient (Wildman–Crippen LogP) is 6.80. The molecular weight excluding hydrogens is 548 g/mol. The van der Waals surface area contributed by atoms with Gasteiger partial charge in [-0.15, -0.1) is 0 Å². The second-order valence-corrected chi connectivity index (χ2v) is 10.8. The van der Waals surface area contributed by atoms with Crippen molar-refractivity contribution in [1.82, 2.24) is 4.31 Å². The molecule has 3 rings (SSSR count). The maximum atomic E-state index is 13.4. The van der Waals surface area contributed by atoms with E-state index in [4.69, 9.17) is 34.8 Å². The van der Waals surface area contributed by atoms with Crippen LogP contribution in [-0.4, -0.2) is 25.2 Å². The third-order valence-electron chi connectivity index (χ3n) is 4.88. The summed E-state index contributed by atoms with van der Waals surface area (Å²) in [6.45, 7) is 0.727. The average Bonchev–Trinajstić information content (AvgIpc) is 2.76. The Morgan fingerprint density at radius 2 is 1.60 bits per heavy atom. The number of hydrogen-bond donors (Lipinski definition) is 1. The molecule has 0 saturated carbocycles. The molecule has 0 unspecified atom stereocenters. The van der Waals surface area contributed by atoms with Gasteiger partial charge in [0.15, 0.2) is 0 Å². The lowest BCUT2D eigenvalue weighted by Gasteiger charge is -2.23. The van der Waals surface area contributed by atoms with Crippen LogP contribution in [0.3, 0.4) is 0 Å². The van der Waals surface area contributed by atoms with Gasteiger partial charge in [0.2, 0.25) is 15.9 Å². The molecular formula is C23H18Cl3F3N2O3S. The maximum absolute atomic E-state index is 13.4. The number of halogens is 6. The highest BCUT2D eigenvalue weighted by atomic mass is 35.5. The zero-order valence-electron chi connectivity index (χ0n) is 18.0. The number of sulfonamides is 1. The molecule has 0 saturated heterocycles. The second-order valence-electron chi connectivity index (χ2n) is 7.57. The number of nitrogens with one attached hydrogen (secondary N) is 1. The zero-order chi connectivity index (χ0) is 26.0. The fourth-order valence-electron chi connectivity index (χ4n) is 3.14. The SMILES string of the molecule is Cc1ccc(S(=O)(=O)N(CC(=O)Nc2ccc(Cl)cc2C(F)(F)F)Cc2ccc(Cl)c(Cl)c2)cc1. The fraction of sp³-hybridized carbons (Fsp3) is 0.174. The number of carbonyl (C=O) groups excluding carboxylic acids is 1. The largest absolute Gasteiger partial charge is 0.418 e. The second kappa shape index (κ2) is 10.8. The van der Waals surface area contributed by atoms with Crippen LogP contribution in [0.1, 0.15) is 16.7 Å². The van der Waals surface area contributed by atoms with E-state index in [0.717, 1.165) is 15.9 Å². The van der Waals surface area contributed by atoms with E-state index < -0.39 is 39.9 Å². The standard InChI is InChI=1S/C23H18Cl3F3N2O3S/c1-14-2-6-17(7-3-14)35(33,34)31(12-15-4-8-19(25)20(26)10-15)13-22(32)30-21-9-5-16(24)11-18(21)23(27,28)29/h2-11H,12-13H2,1H3,(H,30,32). The summed E-state index contributed by atoms with van der Waals surface area (Å²) in [4.78, 5) is 12.7. The van der Waals surface area contributed by atoms with E-state index in [2.05, 4.69) is 5.32 Å². The lowest BCUT2D eigenvalue weighted by atomic mass is 10.1. The number of hydrogen-bond acceptors (Lipinski definition) is 3. The summed E-state index contributed by atoms with van der Waals surface area (Å²) in [5.74, 6) is -0.978. The van der Waals surface area contributed by atoms with Crippen molar-refractivity contribution < 1.29 is 26.4 Å². The number of anilines is 1. The van der Waals surface area contributed by atoms with E-state index in [0.29, 0.717) is 11.6 Å². The van der Waals surface area contributed by atoms with Gasteiger partial charge in [-0.1, -0.05) is 58.6 Å². The lowest BCUT2D eigenvalue weighted by Crippen LogP contribution is -2.37. The minimum Gasteiger partial charge on any atom is -0.324 e. The van der Waals surface area contributed by atoms with Crippen LogP contribution in [0.4, 0.5) is 18.9 Å². The van der Waals surface area contributed by atoms with E-state index in [1.165, 1.54) is 36.4 Å². The number of carbonyl (C=O) groups is 1. The Balaban J connectivity index is 1.94. The highest BCUT2D eigenvalue weighted by molar-refractivity contribution is 7.89. The third kappa shape index (κ3) is 6.89. The summed E-state index contributed by atoms with van der Waals surface area (Å²) in [5, 5.41) is 2.41. The van der Waals surface area contributed by atoms with E-state index in [1.807, 2.05) is 0 Å². The monoisotopic (exact) mass is 564 g/mol. The van der Waals surface area contributed by atoms with Gasteiger partial charge in [0, 0.05) is 11.6 Å². The molecule has 0 radical (unpaired) electrons.